The smallest absolute Gasteiger partial charge is 0.300 e. The van der Waals surface area contributed by atoms with E-state index < -0.39 is 11.4 Å². The zero-order chi connectivity index (χ0) is 22.0. The number of aromatic nitrogens is 4. The van der Waals surface area contributed by atoms with Gasteiger partial charge in [0.25, 0.3) is 0 Å². The van der Waals surface area contributed by atoms with E-state index in [1.807, 2.05) is 0 Å². The van der Waals surface area contributed by atoms with Crippen molar-refractivity contribution in [2.45, 2.75) is 5.16 Å². The average Bonchev–Trinajstić information content (AvgIpc) is 3.17. The van der Waals surface area contributed by atoms with Gasteiger partial charge in [-0.3, -0.25) is 18.6 Å². The van der Waals surface area contributed by atoms with E-state index >= 15 is 0 Å². The molecule has 0 aliphatic heterocycles. The number of carbonyl (C=O) groups is 1. The Morgan fingerprint density at radius 3 is 2.81 bits per heavy atom. The van der Waals surface area contributed by atoms with Crippen molar-refractivity contribution in [2.75, 3.05) is 18.2 Å². The molecule has 0 saturated carbocycles. The summed E-state index contributed by atoms with van der Waals surface area (Å²) < 4.78 is 21.3. The summed E-state index contributed by atoms with van der Waals surface area (Å²) in [6.45, 7) is 0. The van der Waals surface area contributed by atoms with E-state index in [4.69, 9.17) is 16.3 Å². The van der Waals surface area contributed by atoms with Crippen LogP contribution in [0.25, 0.3) is 11.3 Å². The van der Waals surface area contributed by atoms with Crippen LogP contribution < -0.4 is 15.6 Å². The zero-order valence-corrected chi connectivity index (χ0v) is 17.7. The zero-order valence-electron chi connectivity index (χ0n) is 16.1. The number of hydrogen-bond acceptors (Lipinski definition) is 6. The topological polar surface area (TPSA) is 90.5 Å². The highest BCUT2D eigenvalue weighted by Crippen LogP contribution is 2.27. The van der Waals surface area contributed by atoms with Crippen molar-refractivity contribution in [3.63, 3.8) is 0 Å². The largest absolute Gasteiger partial charge is 0.495 e. The average molecular weight is 460 g/mol. The van der Waals surface area contributed by atoms with Gasteiger partial charge in [0.1, 0.15) is 11.6 Å². The quantitative estimate of drug-likeness (QED) is 0.444. The number of fused-ring (bicyclic) bond motifs is 1. The molecule has 2 aromatic heterocycles. The van der Waals surface area contributed by atoms with E-state index in [2.05, 4.69) is 15.5 Å². The number of benzene rings is 2. The SMILES string of the molecule is COc1ccc(NC(=O)CSc2nnc3c(=O)n(-c4cccc(F)c4)ccn23)cc1Cl. The van der Waals surface area contributed by atoms with Crippen molar-refractivity contribution < 1.29 is 13.9 Å². The van der Waals surface area contributed by atoms with Gasteiger partial charge in [0.05, 0.1) is 23.6 Å². The van der Waals surface area contributed by atoms with E-state index in [1.165, 1.54) is 40.5 Å². The van der Waals surface area contributed by atoms with E-state index in [-0.39, 0.29) is 17.3 Å². The van der Waals surface area contributed by atoms with Gasteiger partial charge in [0, 0.05) is 18.1 Å². The van der Waals surface area contributed by atoms with Crippen LogP contribution in [0.15, 0.2) is 64.8 Å². The van der Waals surface area contributed by atoms with Crippen molar-refractivity contribution in [3.05, 3.63) is 76.1 Å². The molecule has 11 heteroatoms. The number of ether oxygens (including phenoxy) is 1. The molecule has 2 aromatic carbocycles. The number of halogens is 2. The monoisotopic (exact) mass is 459 g/mol. The van der Waals surface area contributed by atoms with Gasteiger partial charge < -0.3 is 10.1 Å². The highest BCUT2D eigenvalue weighted by atomic mass is 35.5. The van der Waals surface area contributed by atoms with Crippen LogP contribution in [0.4, 0.5) is 10.1 Å². The van der Waals surface area contributed by atoms with Crippen molar-refractivity contribution in [1.82, 2.24) is 19.2 Å². The van der Waals surface area contributed by atoms with E-state index in [9.17, 15) is 14.0 Å². The molecular formula is C20H15ClFN5O3S. The van der Waals surface area contributed by atoms with Crippen LogP contribution >= 0.6 is 23.4 Å². The van der Waals surface area contributed by atoms with Gasteiger partial charge in [0.2, 0.25) is 11.6 Å². The number of hydrogen-bond donors (Lipinski definition) is 1. The fourth-order valence-electron chi connectivity index (χ4n) is 2.87. The third-order valence-electron chi connectivity index (χ3n) is 4.29. The second-order valence-electron chi connectivity index (χ2n) is 6.32. The number of rotatable bonds is 6. The van der Waals surface area contributed by atoms with E-state index in [1.54, 1.807) is 30.5 Å². The lowest BCUT2D eigenvalue weighted by atomic mass is 10.3. The Labute approximate surface area is 184 Å². The number of amides is 1. The number of carbonyl (C=O) groups excluding carboxylic acids is 1. The second-order valence-corrected chi connectivity index (χ2v) is 7.67. The van der Waals surface area contributed by atoms with Crippen molar-refractivity contribution >= 4 is 40.6 Å². The fraction of sp³-hybridized carbons (Fsp3) is 0.100. The summed E-state index contributed by atoms with van der Waals surface area (Å²) >= 11 is 7.18. The Hall–Kier alpha value is -3.37. The van der Waals surface area contributed by atoms with Crippen molar-refractivity contribution in [2.24, 2.45) is 0 Å². The van der Waals surface area contributed by atoms with E-state index in [0.717, 1.165) is 11.8 Å². The number of nitrogens with one attached hydrogen (secondary N) is 1. The molecule has 0 radical (unpaired) electrons. The number of methoxy groups -OCH3 is 1. The lowest BCUT2D eigenvalue weighted by Gasteiger charge is -2.08. The molecule has 4 aromatic rings. The Balaban J connectivity index is 1.49. The maximum Gasteiger partial charge on any atom is 0.300 e. The molecule has 0 bridgehead atoms. The molecule has 1 amide bonds. The summed E-state index contributed by atoms with van der Waals surface area (Å²) in [6, 6.07) is 10.6. The Morgan fingerprint density at radius 1 is 1.23 bits per heavy atom. The third-order valence-corrected chi connectivity index (χ3v) is 5.53. The molecule has 0 fully saturated rings. The lowest BCUT2D eigenvalue weighted by molar-refractivity contribution is -0.113. The van der Waals surface area contributed by atoms with Gasteiger partial charge in [-0.1, -0.05) is 29.4 Å². The van der Waals surface area contributed by atoms with E-state index in [0.29, 0.717) is 27.3 Å². The normalized spacial score (nSPS) is 10.9. The van der Waals surface area contributed by atoms with Crippen LogP contribution in [0.1, 0.15) is 0 Å². The van der Waals surface area contributed by atoms with Crippen LogP contribution in [-0.2, 0) is 4.79 Å². The van der Waals surface area contributed by atoms with Gasteiger partial charge in [-0.15, -0.1) is 10.2 Å². The van der Waals surface area contributed by atoms with Gasteiger partial charge >= 0.3 is 5.56 Å². The van der Waals surface area contributed by atoms with Crippen molar-refractivity contribution in [3.8, 4) is 11.4 Å². The first-order valence-electron chi connectivity index (χ1n) is 8.95. The summed E-state index contributed by atoms with van der Waals surface area (Å²) in [4.78, 5) is 25.0. The van der Waals surface area contributed by atoms with Gasteiger partial charge in [-0.05, 0) is 36.4 Å². The number of nitrogens with zero attached hydrogens (tertiary/aromatic N) is 4. The first-order valence-corrected chi connectivity index (χ1v) is 10.3. The molecule has 31 heavy (non-hydrogen) atoms. The molecule has 0 spiro atoms. The summed E-state index contributed by atoms with van der Waals surface area (Å²) in [6.07, 6.45) is 3.09. The minimum Gasteiger partial charge on any atom is -0.495 e. The second kappa shape index (κ2) is 8.78. The highest BCUT2D eigenvalue weighted by molar-refractivity contribution is 7.99. The highest BCUT2D eigenvalue weighted by Gasteiger charge is 2.14. The summed E-state index contributed by atoms with van der Waals surface area (Å²) in [5.74, 6) is -0.188. The molecule has 8 nitrogen and oxygen atoms in total. The minimum absolute atomic E-state index is 0.0391. The van der Waals surface area contributed by atoms with Crippen LogP contribution in [0.2, 0.25) is 5.02 Å². The predicted molar refractivity (Wildman–Crippen MR) is 116 cm³/mol. The number of anilines is 1. The molecular weight excluding hydrogens is 445 g/mol. The lowest BCUT2D eigenvalue weighted by Crippen LogP contribution is -2.20. The Bertz CT molecular complexity index is 1340. The molecule has 4 rings (SSSR count). The van der Waals surface area contributed by atoms with Gasteiger partial charge in [0.15, 0.2) is 5.16 Å². The van der Waals surface area contributed by atoms with Crippen molar-refractivity contribution in [1.29, 1.82) is 0 Å². The Morgan fingerprint density at radius 2 is 2.06 bits per heavy atom. The molecule has 0 aliphatic carbocycles. The molecule has 1 N–H and O–H groups in total. The predicted octanol–water partition coefficient (Wildman–Crippen LogP) is 3.41. The van der Waals surface area contributed by atoms with Gasteiger partial charge in [-0.25, -0.2) is 4.39 Å². The molecule has 0 atom stereocenters. The summed E-state index contributed by atoms with van der Waals surface area (Å²) in [5, 5.41) is 11.4. The summed E-state index contributed by atoms with van der Waals surface area (Å²) in [7, 11) is 1.51. The molecule has 158 valence electrons. The van der Waals surface area contributed by atoms with Crippen LogP contribution in [0, 0.1) is 5.82 Å². The first kappa shape index (κ1) is 20.9. The molecule has 0 saturated heterocycles. The van der Waals surface area contributed by atoms with Crippen LogP contribution in [0.5, 0.6) is 5.75 Å². The van der Waals surface area contributed by atoms with Crippen LogP contribution in [0.3, 0.4) is 0 Å². The minimum atomic E-state index is -0.454. The van der Waals surface area contributed by atoms with Gasteiger partial charge in [-0.2, -0.15) is 0 Å². The van der Waals surface area contributed by atoms with Crippen LogP contribution in [-0.4, -0.2) is 37.9 Å². The standard InChI is InChI=1S/C20H15ClFN5O3S/c1-30-16-6-5-13(10-15(16)21)23-17(28)11-31-20-25-24-18-19(29)26(7-8-27(18)20)14-4-2-3-12(22)9-14/h2-10H,11H2,1H3,(H,23,28). The third kappa shape index (κ3) is 4.39. The summed E-state index contributed by atoms with van der Waals surface area (Å²) in [5.41, 5.74) is 0.518. The maximum atomic E-state index is 13.5. The molecule has 0 unspecified atom stereocenters. The molecule has 2 heterocycles. The Kier molecular flexibility index (Phi) is 5.92. The molecule has 0 aliphatic rings. The first-order chi connectivity index (χ1) is 15.0. The fourth-order valence-corrected chi connectivity index (χ4v) is 3.84. The maximum absolute atomic E-state index is 13.5. The number of thioether (sulfide) groups is 1.